The Labute approximate surface area is 129 Å². The van der Waals surface area contributed by atoms with Gasteiger partial charge in [-0.1, -0.05) is 24.0 Å². The van der Waals surface area contributed by atoms with Gasteiger partial charge in [-0.15, -0.1) is 0 Å². The van der Waals surface area contributed by atoms with E-state index in [0.29, 0.717) is 0 Å². The minimum absolute atomic E-state index is 0.0708. The van der Waals surface area contributed by atoms with Gasteiger partial charge in [-0.25, -0.2) is 4.79 Å². The highest BCUT2D eigenvalue weighted by molar-refractivity contribution is 5.87. The molecule has 2 aromatic rings. The Morgan fingerprint density at radius 2 is 1.50 bits per heavy atom. The van der Waals surface area contributed by atoms with Crippen LogP contribution in [0.15, 0.2) is 48.5 Å². The molecule has 22 heavy (non-hydrogen) atoms. The lowest BCUT2D eigenvalue weighted by Gasteiger charge is -2.13. The van der Waals surface area contributed by atoms with Gasteiger partial charge in [-0.2, -0.15) is 0 Å². The van der Waals surface area contributed by atoms with Crippen LogP contribution in [0, 0.1) is 11.8 Å². The predicted octanol–water partition coefficient (Wildman–Crippen LogP) is 3.42. The molecule has 0 heterocycles. The van der Waals surface area contributed by atoms with Crippen LogP contribution in [-0.4, -0.2) is 18.2 Å². The number of rotatable bonds is 3. The lowest BCUT2D eigenvalue weighted by Crippen LogP contribution is -2.08. The van der Waals surface area contributed by atoms with Crippen molar-refractivity contribution in [1.29, 1.82) is 0 Å². The number of carboxylic acids is 1. The van der Waals surface area contributed by atoms with Crippen molar-refractivity contribution >= 4 is 5.97 Å². The van der Waals surface area contributed by atoms with Crippen molar-refractivity contribution in [2.75, 3.05) is 7.11 Å². The number of benzene rings is 2. The first-order chi connectivity index (χ1) is 10.6. The summed E-state index contributed by atoms with van der Waals surface area (Å²) in [4.78, 5) is 10.8. The van der Waals surface area contributed by atoms with E-state index >= 15 is 0 Å². The molecule has 1 fully saturated rings. The van der Waals surface area contributed by atoms with Crippen LogP contribution in [0.25, 0.3) is 0 Å². The molecular weight excluding hydrogens is 276 g/mol. The third-order valence-corrected chi connectivity index (χ3v) is 3.99. The molecule has 0 radical (unpaired) electrons. The maximum atomic E-state index is 10.8. The van der Waals surface area contributed by atoms with E-state index in [4.69, 9.17) is 9.84 Å². The van der Waals surface area contributed by atoms with Gasteiger partial charge in [-0.05, 0) is 54.8 Å². The normalized spacial score (nSPS) is 14.8. The second kappa shape index (κ2) is 5.67. The number of ether oxygens (including phenoxy) is 1. The quantitative estimate of drug-likeness (QED) is 0.882. The Morgan fingerprint density at radius 1 is 1.00 bits per heavy atom. The zero-order chi connectivity index (χ0) is 15.6. The summed E-state index contributed by atoms with van der Waals surface area (Å²) in [6, 6.07) is 14.7. The SMILES string of the molecule is COC1(c2ccc(C#Cc3ccc(C(=O)O)cc3)cc2)CC1. The van der Waals surface area contributed by atoms with Crippen LogP contribution >= 0.6 is 0 Å². The highest BCUT2D eigenvalue weighted by atomic mass is 16.5. The van der Waals surface area contributed by atoms with Gasteiger partial charge in [0.05, 0.1) is 11.2 Å². The second-order valence-electron chi connectivity index (χ2n) is 5.41. The zero-order valence-electron chi connectivity index (χ0n) is 12.3. The largest absolute Gasteiger partial charge is 0.478 e. The van der Waals surface area contributed by atoms with Gasteiger partial charge in [-0.3, -0.25) is 0 Å². The fourth-order valence-corrected chi connectivity index (χ4v) is 2.42. The number of carboxylic acid groups (broad SMARTS) is 1. The van der Waals surface area contributed by atoms with Gasteiger partial charge >= 0.3 is 5.97 Å². The van der Waals surface area contributed by atoms with Crippen molar-refractivity contribution in [1.82, 2.24) is 0 Å². The number of carbonyl (C=O) groups is 1. The molecule has 0 saturated heterocycles. The summed E-state index contributed by atoms with van der Waals surface area (Å²) in [5.41, 5.74) is 3.12. The van der Waals surface area contributed by atoms with E-state index in [2.05, 4.69) is 24.0 Å². The van der Waals surface area contributed by atoms with E-state index in [1.165, 1.54) is 5.56 Å². The average molecular weight is 292 g/mol. The first-order valence-corrected chi connectivity index (χ1v) is 7.14. The third kappa shape index (κ3) is 2.88. The molecule has 0 spiro atoms. The molecule has 1 N–H and O–H groups in total. The molecule has 0 bridgehead atoms. The Bertz CT molecular complexity index is 742. The van der Waals surface area contributed by atoms with Crippen LogP contribution in [0.2, 0.25) is 0 Å². The number of methoxy groups -OCH3 is 1. The summed E-state index contributed by atoms with van der Waals surface area (Å²) in [5.74, 6) is 5.20. The molecule has 0 amide bonds. The van der Waals surface area contributed by atoms with E-state index in [1.807, 2.05) is 12.1 Å². The Kier molecular flexibility index (Phi) is 3.70. The van der Waals surface area contributed by atoms with E-state index < -0.39 is 5.97 Å². The van der Waals surface area contributed by atoms with Gasteiger partial charge in [0.2, 0.25) is 0 Å². The maximum absolute atomic E-state index is 10.8. The lowest BCUT2D eigenvalue weighted by atomic mass is 10.1. The molecule has 1 aliphatic carbocycles. The molecule has 3 rings (SSSR count). The van der Waals surface area contributed by atoms with Gasteiger partial charge in [0.15, 0.2) is 0 Å². The minimum atomic E-state index is -0.928. The fraction of sp³-hybridized carbons (Fsp3) is 0.211. The first-order valence-electron chi connectivity index (χ1n) is 7.14. The molecule has 0 aliphatic heterocycles. The topological polar surface area (TPSA) is 46.5 Å². The van der Waals surface area contributed by atoms with Crippen molar-refractivity contribution < 1.29 is 14.6 Å². The van der Waals surface area contributed by atoms with Crippen LogP contribution < -0.4 is 0 Å². The van der Waals surface area contributed by atoms with E-state index in [1.54, 1.807) is 31.4 Å². The Morgan fingerprint density at radius 3 is 1.91 bits per heavy atom. The monoisotopic (exact) mass is 292 g/mol. The number of hydrogen-bond acceptors (Lipinski definition) is 2. The Balaban J connectivity index is 1.75. The molecule has 3 nitrogen and oxygen atoms in total. The minimum Gasteiger partial charge on any atom is -0.478 e. The van der Waals surface area contributed by atoms with Crippen molar-refractivity contribution in [3.63, 3.8) is 0 Å². The molecule has 110 valence electrons. The van der Waals surface area contributed by atoms with E-state index in [0.717, 1.165) is 24.0 Å². The second-order valence-corrected chi connectivity index (χ2v) is 5.41. The maximum Gasteiger partial charge on any atom is 0.335 e. The van der Waals surface area contributed by atoms with Gasteiger partial charge in [0, 0.05) is 18.2 Å². The Hall–Kier alpha value is -2.57. The zero-order valence-corrected chi connectivity index (χ0v) is 12.3. The summed E-state index contributed by atoms with van der Waals surface area (Å²) in [6.45, 7) is 0. The fourth-order valence-electron chi connectivity index (χ4n) is 2.42. The van der Waals surface area contributed by atoms with Crippen molar-refractivity contribution in [3.05, 3.63) is 70.8 Å². The van der Waals surface area contributed by atoms with Gasteiger partial charge < -0.3 is 9.84 Å². The van der Waals surface area contributed by atoms with Crippen LogP contribution in [0.3, 0.4) is 0 Å². The van der Waals surface area contributed by atoms with Crippen LogP contribution in [0.5, 0.6) is 0 Å². The third-order valence-electron chi connectivity index (χ3n) is 3.99. The first kappa shape index (κ1) is 14.4. The van der Waals surface area contributed by atoms with Crippen molar-refractivity contribution in [2.45, 2.75) is 18.4 Å². The smallest absolute Gasteiger partial charge is 0.335 e. The molecule has 1 saturated carbocycles. The van der Waals surface area contributed by atoms with Gasteiger partial charge in [0.1, 0.15) is 0 Å². The molecule has 3 heteroatoms. The molecule has 0 aromatic heterocycles. The number of hydrogen-bond donors (Lipinski definition) is 1. The van der Waals surface area contributed by atoms with Crippen molar-refractivity contribution in [3.8, 4) is 11.8 Å². The summed E-state index contributed by atoms with van der Waals surface area (Å²) in [6.07, 6.45) is 2.15. The molecule has 0 unspecified atom stereocenters. The van der Waals surface area contributed by atoms with E-state index in [9.17, 15) is 4.79 Å². The predicted molar refractivity (Wildman–Crippen MR) is 83.7 cm³/mol. The summed E-state index contributed by atoms with van der Waals surface area (Å²) < 4.78 is 5.55. The highest BCUT2D eigenvalue weighted by Gasteiger charge is 2.44. The summed E-state index contributed by atoms with van der Waals surface area (Å²) >= 11 is 0. The summed E-state index contributed by atoms with van der Waals surface area (Å²) in [7, 11) is 1.75. The molecule has 0 atom stereocenters. The van der Waals surface area contributed by atoms with Gasteiger partial charge in [0.25, 0.3) is 0 Å². The van der Waals surface area contributed by atoms with Crippen molar-refractivity contribution in [2.24, 2.45) is 0 Å². The van der Waals surface area contributed by atoms with Crippen LogP contribution in [0.1, 0.15) is 39.9 Å². The number of aromatic carboxylic acids is 1. The molecule has 2 aromatic carbocycles. The van der Waals surface area contributed by atoms with Crippen LogP contribution in [0.4, 0.5) is 0 Å². The highest BCUT2D eigenvalue weighted by Crippen LogP contribution is 2.48. The average Bonchev–Trinajstić information content (AvgIpc) is 3.35. The standard InChI is InChI=1S/C19H16O3/c1-22-19(12-13-19)17-10-6-15(7-11-17)3-2-14-4-8-16(9-5-14)18(20)21/h4-11H,12-13H2,1H3,(H,20,21). The lowest BCUT2D eigenvalue weighted by molar-refractivity contribution is 0.0696. The summed E-state index contributed by atoms with van der Waals surface area (Å²) in [5, 5.41) is 8.85. The molecule has 1 aliphatic rings. The van der Waals surface area contributed by atoms with E-state index in [-0.39, 0.29) is 11.2 Å². The van der Waals surface area contributed by atoms with Crippen LogP contribution in [-0.2, 0) is 10.3 Å². The molecular formula is C19H16O3.